The molecular formula is C33H38N6O5. The fourth-order valence-electron chi connectivity index (χ4n) is 6.25. The molecule has 2 unspecified atom stereocenters. The van der Waals surface area contributed by atoms with E-state index in [1.165, 1.54) is 6.33 Å². The minimum absolute atomic E-state index is 0.0402. The summed E-state index contributed by atoms with van der Waals surface area (Å²) in [6, 6.07) is 15.8. The van der Waals surface area contributed by atoms with Crippen LogP contribution in [0.4, 0.5) is 0 Å². The number of aromatic nitrogens is 6. The molecule has 1 aliphatic carbocycles. The Morgan fingerprint density at radius 3 is 2.52 bits per heavy atom. The quantitative estimate of drug-likeness (QED) is 0.235. The van der Waals surface area contributed by atoms with Crippen LogP contribution in [0.5, 0.6) is 0 Å². The maximum Gasteiger partial charge on any atom is 0.439 e. The number of aliphatic hydroxyl groups excluding tert-OH is 1. The van der Waals surface area contributed by atoms with Crippen molar-refractivity contribution in [3.05, 3.63) is 92.6 Å². The zero-order valence-electron chi connectivity index (χ0n) is 25.3. The first-order valence-electron chi connectivity index (χ1n) is 15.4. The Kier molecular flexibility index (Phi) is 8.58. The van der Waals surface area contributed by atoms with Gasteiger partial charge < -0.3 is 9.84 Å². The summed E-state index contributed by atoms with van der Waals surface area (Å²) >= 11 is 0. The van der Waals surface area contributed by atoms with Gasteiger partial charge >= 0.3 is 5.76 Å². The minimum Gasteiger partial charge on any atom is -0.391 e. The van der Waals surface area contributed by atoms with Crippen molar-refractivity contribution in [2.45, 2.75) is 90.1 Å². The Bertz CT molecular complexity index is 1850. The number of hydrogen-bond donors (Lipinski definition) is 2. The molecule has 0 saturated heterocycles. The predicted molar refractivity (Wildman–Crippen MR) is 166 cm³/mol. The number of benzene rings is 2. The lowest BCUT2D eigenvalue weighted by molar-refractivity contribution is -0.0758. The standard InChI is InChI=1S/C33H38N6O5/c1-4-8-29-28(18-22-11-16-26(23-9-6-5-7-10-23)27(17-22)30-36-33(42)44-37-30)31(41)38(32-34-19-35-39(29)32)24-12-14-25(15-13-24)43-21(3)20(2)40/h5-7,9-11,16-17,19-21,24-25,40H,4,8,12-15,18H2,1-3H3,(H,36,37,42)/t20?,21?,24-,25-. The molecule has 230 valence electrons. The number of hydrogen-bond acceptors (Lipinski definition) is 8. The number of fused-ring (bicyclic) bond motifs is 1. The third-order valence-electron chi connectivity index (χ3n) is 8.65. The monoisotopic (exact) mass is 598 g/mol. The number of nitrogens with one attached hydrogen (secondary N) is 1. The summed E-state index contributed by atoms with van der Waals surface area (Å²) < 4.78 is 14.6. The van der Waals surface area contributed by atoms with E-state index >= 15 is 0 Å². The average Bonchev–Trinajstić information content (AvgIpc) is 3.69. The molecule has 0 spiro atoms. The summed E-state index contributed by atoms with van der Waals surface area (Å²) in [5.41, 5.74) is 4.94. The van der Waals surface area contributed by atoms with Crippen molar-refractivity contribution in [1.29, 1.82) is 0 Å². The van der Waals surface area contributed by atoms with Gasteiger partial charge in [0.25, 0.3) is 5.56 Å². The van der Waals surface area contributed by atoms with E-state index in [0.29, 0.717) is 35.6 Å². The molecule has 2 N–H and O–H groups in total. The van der Waals surface area contributed by atoms with Crippen LogP contribution in [-0.4, -0.2) is 52.7 Å². The van der Waals surface area contributed by atoms with Gasteiger partial charge in [-0.2, -0.15) is 10.1 Å². The number of nitrogens with zero attached hydrogens (tertiary/aromatic N) is 5. The van der Waals surface area contributed by atoms with Gasteiger partial charge in [-0.3, -0.25) is 18.9 Å². The van der Waals surface area contributed by atoms with Gasteiger partial charge in [0.2, 0.25) is 5.78 Å². The molecule has 44 heavy (non-hydrogen) atoms. The Balaban J connectivity index is 1.39. The lowest BCUT2D eigenvalue weighted by Crippen LogP contribution is -2.36. The first-order valence-corrected chi connectivity index (χ1v) is 15.4. The number of rotatable bonds is 10. The first kappa shape index (κ1) is 29.7. The summed E-state index contributed by atoms with van der Waals surface area (Å²) in [6.45, 7) is 5.71. The molecule has 0 bridgehead atoms. The predicted octanol–water partition coefficient (Wildman–Crippen LogP) is 4.71. The van der Waals surface area contributed by atoms with Crippen molar-refractivity contribution in [2.75, 3.05) is 0 Å². The average molecular weight is 599 g/mol. The van der Waals surface area contributed by atoms with Crippen LogP contribution >= 0.6 is 0 Å². The van der Waals surface area contributed by atoms with E-state index < -0.39 is 11.9 Å². The molecule has 3 aromatic heterocycles. The lowest BCUT2D eigenvalue weighted by Gasteiger charge is -2.32. The van der Waals surface area contributed by atoms with Crippen LogP contribution in [0.25, 0.3) is 28.3 Å². The third-order valence-corrected chi connectivity index (χ3v) is 8.65. The Morgan fingerprint density at radius 2 is 1.84 bits per heavy atom. The molecule has 2 atom stereocenters. The maximum absolute atomic E-state index is 14.4. The zero-order chi connectivity index (χ0) is 30.8. The molecule has 1 saturated carbocycles. The molecule has 5 aromatic rings. The first-order chi connectivity index (χ1) is 21.3. The molecule has 1 aliphatic rings. The van der Waals surface area contributed by atoms with Crippen LogP contribution in [0, 0.1) is 0 Å². The van der Waals surface area contributed by atoms with Crippen molar-refractivity contribution in [3.8, 4) is 22.5 Å². The number of H-pyrrole nitrogens is 1. The van der Waals surface area contributed by atoms with E-state index in [9.17, 15) is 14.7 Å². The number of aliphatic hydroxyl groups is 1. The van der Waals surface area contributed by atoms with E-state index in [2.05, 4.69) is 27.1 Å². The van der Waals surface area contributed by atoms with E-state index in [1.807, 2.05) is 64.5 Å². The van der Waals surface area contributed by atoms with Crippen molar-refractivity contribution in [3.63, 3.8) is 0 Å². The molecule has 6 rings (SSSR count). The van der Waals surface area contributed by atoms with E-state index in [-0.39, 0.29) is 23.8 Å². The summed E-state index contributed by atoms with van der Waals surface area (Å²) in [7, 11) is 0. The summed E-state index contributed by atoms with van der Waals surface area (Å²) in [5.74, 6) is 0.260. The number of aryl methyl sites for hydroxylation is 1. The largest absolute Gasteiger partial charge is 0.439 e. The van der Waals surface area contributed by atoms with Crippen LogP contribution in [0.2, 0.25) is 0 Å². The molecule has 0 aliphatic heterocycles. The van der Waals surface area contributed by atoms with Gasteiger partial charge in [-0.1, -0.05) is 61.0 Å². The SMILES string of the molecule is CCCc1c(Cc2ccc(-c3ccccc3)c(-c3noc(=O)[nH]3)c2)c(=O)n([C@H]2CC[C@H](OC(C)C(C)O)CC2)c2ncnn12. The molecule has 2 aromatic carbocycles. The van der Waals surface area contributed by atoms with Crippen molar-refractivity contribution >= 4 is 5.78 Å². The van der Waals surface area contributed by atoms with Crippen molar-refractivity contribution in [2.24, 2.45) is 0 Å². The van der Waals surface area contributed by atoms with Gasteiger partial charge in [0.1, 0.15) is 6.33 Å². The normalized spacial score (nSPS) is 18.5. The fraction of sp³-hybridized carbons (Fsp3) is 0.424. The zero-order valence-corrected chi connectivity index (χ0v) is 25.3. The summed E-state index contributed by atoms with van der Waals surface area (Å²) in [4.78, 5) is 33.5. The summed E-state index contributed by atoms with van der Waals surface area (Å²) in [5, 5.41) is 18.4. The summed E-state index contributed by atoms with van der Waals surface area (Å²) in [6.07, 6.45) is 5.79. The van der Waals surface area contributed by atoms with Crippen LogP contribution in [0.15, 0.2) is 69.0 Å². The molecule has 1 fully saturated rings. The van der Waals surface area contributed by atoms with Crippen LogP contribution < -0.4 is 11.3 Å². The third kappa shape index (κ3) is 5.89. The van der Waals surface area contributed by atoms with Gasteiger partial charge in [0, 0.05) is 23.6 Å². The van der Waals surface area contributed by atoms with Crippen LogP contribution in [0.1, 0.15) is 75.7 Å². The second kappa shape index (κ2) is 12.7. The highest BCUT2D eigenvalue weighted by Gasteiger charge is 2.29. The Hall–Kier alpha value is -4.35. The molecule has 11 heteroatoms. The Morgan fingerprint density at radius 1 is 1.07 bits per heavy atom. The van der Waals surface area contributed by atoms with Gasteiger partial charge in [0.05, 0.1) is 24.0 Å². The molecular weight excluding hydrogens is 560 g/mol. The van der Waals surface area contributed by atoms with Crippen molar-refractivity contribution in [1.82, 2.24) is 29.3 Å². The van der Waals surface area contributed by atoms with Crippen molar-refractivity contribution < 1.29 is 14.4 Å². The van der Waals surface area contributed by atoms with Gasteiger partial charge in [-0.05, 0) is 68.7 Å². The fourth-order valence-corrected chi connectivity index (χ4v) is 6.25. The van der Waals surface area contributed by atoms with Crippen LogP contribution in [0.3, 0.4) is 0 Å². The highest BCUT2D eigenvalue weighted by atomic mass is 16.5. The number of ether oxygens (including phenoxy) is 1. The molecule has 0 radical (unpaired) electrons. The van der Waals surface area contributed by atoms with Gasteiger partial charge in [0.15, 0.2) is 5.82 Å². The van der Waals surface area contributed by atoms with E-state index in [1.54, 1.807) is 6.92 Å². The minimum atomic E-state index is -0.630. The van der Waals surface area contributed by atoms with E-state index in [0.717, 1.165) is 54.5 Å². The van der Waals surface area contributed by atoms with Gasteiger partial charge in [-0.15, -0.1) is 0 Å². The van der Waals surface area contributed by atoms with Crippen LogP contribution in [-0.2, 0) is 17.6 Å². The Labute approximate surface area is 254 Å². The highest BCUT2D eigenvalue weighted by molar-refractivity contribution is 5.81. The number of aromatic amines is 1. The highest BCUT2D eigenvalue weighted by Crippen LogP contribution is 2.33. The second-order valence-electron chi connectivity index (χ2n) is 11.7. The molecule has 11 nitrogen and oxygen atoms in total. The van der Waals surface area contributed by atoms with Gasteiger partial charge in [-0.25, -0.2) is 9.31 Å². The molecule has 0 amide bonds. The topological polar surface area (TPSA) is 141 Å². The van der Waals surface area contributed by atoms with E-state index in [4.69, 9.17) is 9.26 Å². The maximum atomic E-state index is 14.4. The smallest absolute Gasteiger partial charge is 0.391 e. The lowest BCUT2D eigenvalue weighted by atomic mass is 9.91. The molecule has 3 heterocycles. The second-order valence-corrected chi connectivity index (χ2v) is 11.7.